The molecule has 1 aliphatic carbocycles. The summed E-state index contributed by atoms with van der Waals surface area (Å²) in [4.78, 5) is 0. The fourth-order valence-corrected chi connectivity index (χ4v) is 4.48. The van der Waals surface area contributed by atoms with Gasteiger partial charge in [0.05, 0.1) is 0 Å². The average molecular weight is 268 g/mol. The Balaban J connectivity index is 2.88. The van der Waals surface area contributed by atoms with Gasteiger partial charge in [0, 0.05) is 6.04 Å². The molecule has 0 spiro atoms. The second-order valence-electron chi connectivity index (χ2n) is 7.18. The third-order valence-corrected chi connectivity index (χ3v) is 5.21. The molecular formula is C18H37N. The van der Waals surface area contributed by atoms with Gasteiger partial charge in [0.2, 0.25) is 0 Å². The zero-order valence-electron chi connectivity index (χ0n) is 14.1. The first kappa shape index (κ1) is 17.0. The number of hydrogen-bond acceptors (Lipinski definition) is 1. The van der Waals surface area contributed by atoms with Gasteiger partial charge in [-0.05, 0) is 49.5 Å². The maximum absolute atomic E-state index is 3.96. The van der Waals surface area contributed by atoms with Crippen molar-refractivity contribution in [1.29, 1.82) is 0 Å². The minimum Gasteiger partial charge on any atom is -0.313 e. The summed E-state index contributed by atoms with van der Waals surface area (Å²) in [6.07, 6.45) is 11.2. The molecule has 1 unspecified atom stereocenters. The Morgan fingerprint density at radius 1 is 1.00 bits per heavy atom. The summed E-state index contributed by atoms with van der Waals surface area (Å²) in [5.41, 5.74) is 0.597. The number of nitrogens with one attached hydrogen (secondary N) is 1. The Morgan fingerprint density at radius 2 is 1.58 bits per heavy atom. The van der Waals surface area contributed by atoms with Crippen LogP contribution in [0.25, 0.3) is 0 Å². The Labute approximate surface area is 121 Å². The molecule has 0 aliphatic heterocycles. The lowest BCUT2D eigenvalue weighted by Gasteiger charge is -2.44. The molecule has 0 saturated heterocycles. The van der Waals surface area contributed by atoms with Crippen molar-refractivity contribution in [2.75, 3.05) is 6.54 Å². The van der Waals surface area contributed by atoms with E-state index in [2.05, 4.69) is 39.9 Å². The molecule has 0 heterocycles. The molecule has 1 saturated carbocycles. The maximum Gasteiger partial charge on any atom is 0.0152 e. The van der Waals surface area contributed by atoms with Crippen LogP contribution >= 0.6 is 0 Å². The van der Waals surface area contributed by atoms with Crippen molar-refractivity contribution < 1.29 is 0 Å². The summed E-state index contributed by atoms with van der Waals surface area (Å²) in [6.45, 7) is 13.1. The lowest BCUT2D eigenvalue weighted by molar-refractivity contribution is 0.105. The molecule has 0 bridgehead atoms. The summed E-state index contributed by atoms with van der Waals surface area (Å²) < 4.78 is 0. The normalized spacial score (nSPS) is 20.4. The van der Waals surface area contributed by atoms with Crippen molar-refractivity contribution in [2.45, 2.75) is 92.0 Å². The first-order valence-corrected chi connectivity index (χ1v) is 8.83. The van der Waals surface area contributed by atoms with Crippen LogP contribution in [0.5, 0.6) is 0 Å². The van der Waals surface area contributed by atoms with Gasteiger partial charge < -0.3 is 5.32 Å². The van der Waals surface area contributed by atoms with Crippen LogP contribution < -0.4 is 5.32 Å². The lowest BCUT2D eigenvalue weighted by atomic mass is 9.67. The minimum absolute atomic E-state index is 0.597. The van der Waals surface area contributed by atoms with E-state index in [4.69, 9.17) is 0 Å². The van der Waals surface area contributed by atoms with Gasteiger partial charge >= 0.3 is 0 Å². The molecule has 1 fully saturated rings. The highest BCUT2D eigenvalue weighted by Gasteiger charge is 2.43. The van der Waals surface area contributed by atoms with E-state index >= 15 is 0 Å². The second kappa shape index (κ2) is 8.29. The Bertz CT molecular complexity index is 224. The van der Waals surface area contributed by atoms with Gasteiger partial charge in [-0.15, -0.1) is 0 Å². The maximum atomic E-state index is 3.96. The van der Waals surface area contributed by atoms with Crippen molar-refractivity contribution in [3.63, 3.8) is 0 Å². The van der Waals surface area contributed by atoms with Gasteiger partial charge in [0.25, 0.3) is 0 Å². The van der Waals surface area contributed by atoms with Crippen LogP contribution in [0.2, 0.25) is 0 Å². The van der Waals surface area contributed by atoms with E-state index in [-0.39, 0.29) is 0 Å². The smallest absolute Gasteiger partial charge is 0.0152 e. The van der Waals surface area contributed by atoms with Gasteiger partial charge in [0.1, 0.15) is 0 Å². The quantitative estimate of drug-likeness (QED) is 0.590. The molecule has 1 atom stereocenters. The van der Waals surface area contributed by atoms with Crippen LogP contribution in [-0.2, 0) is 0 Å². The number of hydrogen-bond donors (Lipinski definition) is 1. The largest absolute Gasteiger partial charge is 0.313 e. The Hall–Kier alpha value is -0.0400. The summed E-state index contributed by atoms with van der Waals surface area (Å²) in [7, 11) is 0. The van der Waals surface area contributed by atoms with Crippen molar-refractivity contribution in [2.24, 2.45) is 17.3 Å². The van der Waals surface area contributed by atoms with Gasteiger partial charge in [-0.2, -0.15) is 0 Å². The van der Waals surface area contributed by atoms with Crippen LogP contribution in [-0.4, -0.2) is 12.6 Å². The molecule has 19 heavy (non-hydrogen) atoms. The molecule has 1 nitrogen and oxygen atoms in total. The summed E-state index contributed by atoms with van der Waals surface area (Å²) in [5, 5.41) is 3.96. The van der Waals surface area contributed by atoms with Crippen LogP contribution in [0, 0.1) is 17.3 Å². The summed E-state index contributed by atoms with van der Waals surface area (Å²) in [6, 6.07) is 0.757. The predicted octanol–water partition coefficient (Wildman–Crippen LogP) is 5.40. The topological polar surface area (TPSA) is 12.0 Å². The monoisotopic (exact) mass is 267 g/mol. The minimum atomic E-state index is 0.597. The molecule has 0 aromatic rings. The molecule has 0 radical (unpaired) electrons. The van der Waals surface area contributed by atoms with Crippen LogP contribution in [0.15, 0.2) is 0 Å². The van der Waals surface area contributed by atoms with E-state index < -0.39 is 0 Å². The van der Waals surface area contributed by atoms with Gasteiger partial charge in [-0.3, -0.25) is 0 Å². The van der Waals surface area contributed by atoms with Gasteiger partial charge in [-0.25, -0.2) is 0 Å². The summed E-state index contributed by atoms with van der Waals surface area (Å²) in [5.74, 6) is 1.70. The van der Waals surface area contributed by atoms with E-state index in [9.17, 15) is 0 Å². The van der Waals surface area contributed by atoms with Crippen molar-refractivity contribution in [3.05, 3.63) is 0 Å². The Kier molecular flexibility index (Phi) is 7.42. The average Bonchev–Trinajstić information content (AvgIpc) is 2.83. The highest BCUT2D eigenvalue weighted by atomic mass is 14.9. The zero-order chi connectivity index (χ0) is 14.3. The molecule has 0 aromatic heterocycles. The van der Waals surface area contributed by atoms with Gasteiger partial charge in [-0.1, -0.05) is 60.3 Å². The van der Waals surface area contributed by atoms with Crippen LogP contribution in [0.1, 0.15) is 86.0 Å². The fourth-order valence-electron chi connectivity index (χ4n) is 4.48. The molecular weight excluding hydrogens is 230 g/mol. The first-order valence-electron chi connectivity index (χ1n) is 8.83. The highest BCUT2D eigenvalue weighted by Crippen LogP contribution is 2.48. The fraction of sp³-hybridized carbons (Fsp3) is 1.00. The van der Waals surface area contributed by atoms with Crippen LogP contribution in [0.4, 0.5) is 0 Å². The van der Waals surface area contributed by atoms with Crippen molar-refractivity contribution in [1.82, 2.24) is 5.32 Å². The van der Waals surface area contributed by atoms with Gasteiger partial charge in [0.15, 0.2) is 0 Å². The van der Waals surface area contributed by atoms with Crippen molar-refractivity contribution >= 4 is 0 Å². The number of rotatable bonds is 9. The predicted molar refractivity (Wildman–Crippen MR) is 86.5 cm³/mol. The first-order chi connectivity index (χ1) is 9.09. The van der Waals surface area contributed by atoms with E-state index in [1.54, 1.807) is 0 Å². The summed E-state index contributed by atoms with van der Waals surface area (Å²) >= 11 is 0. The van der Waals surface area contributed by atoms with Crippen LogP contribution in [0.3, 0.4) is 0 Å². The standard InChI is InChI=1S/C18H37N/c1-6-13-19-17(16(7-2)8-3)18(14-15(4)5)11-9-10-12-18/h15-17,19H,6-14H2,1-5H3. The van der Waals surface area contributed by atoms with Crippen molar-refractivity contribution in [3.8, 4) is 0 Å². The Morgan fingerprint density at radius 3 is 2.00 bits per heavy atom. The SMILES string of the molecule is CCCNC(C(CC)CC)C1(CC(C)C)CCCC1. The molecule has 0 aromatic carbocycles. The molecule has 1 rings (SSSR count). The lowest BCUT2D eigenvalue weighted by Crippen LogP contribution is -2.49. The second-order valence-corrected chi connectivity index (χ2v) is 7.18. The molecule has 1 heteroatoms. The molecule has 1 aliphatic rings. The molecule has 0 amide bonds. The van der Waals surface area contributed by atoms with E-state index in [0.29, 0.717) is 5.41 Å². The van der Waals surface area contributed by atoms with E-state index in [1.807, 2.05) is 0 Å². The zero-order valence-corrected chi connectivity index (χ0v) is 14.1. The molecule has 114 valence electrons. The molecule has 1 N–H and O–H groups in total. The highest BCUT2D eigenvalue weighted by molar-refractivity contribution is 4.97. The van der Waals surface area contributed by atoms with E-state index in [0.717, 1.165) is 17.9 Å². The third kappa shape index (κ3) is 4.48. The third-order valence-electron chi connectivity index (χ3n) is 5.21. The van der Waals surface area contributed by atoms with E-state index in [1.165, 1.54) is 57.9 Å².